The van der Waals surface area contributed by atoms with Crippen LogP contribution in [0.1, 0.15) is 10.6 Å². The molecule has 0 aliphatic rings. The van der Waals surface area contributed by atoms with E-state index in [1.807, 2.05) is 13.0 Å². The molecule has 14 heavy (non-hydrogen) atoms. The molecule has 0 bridgehead atoms. The zero-order valence-corrected chi connectivity index (χ0v) is 8.86. The topological polar surface area (TPSA) is 12.9 Å². The Balaban J connectivity index is 2.57. The number of aromatic nitrogens is 1. The summed E-state index contributed by atoms with van der Waals surface area (Å²) in [5, 5.41) is 1.00. The molecule has 2 rings (SSSR count). The van der Waals surface area contributed by atoms with Gasteiger partial charge in [-0.25, -0.2) is 9.37 Å². The number of nitrogens with zero attached hydrogens (tertiary/aromatic N) is 1. The number of hydrogen-bond acceptors (Lipinski definition) is 2. The predicted octanol–water partition coefficient (Wildman–Crippen LogP) is 3.57. The maximum Gasteiger partial charge on any atom is 0.126 e. The molecule has 72 valence electrons. The minimum Gasteiger partial charge on any atom is -0.249 e. The van der Waals surface area contributed by atoms with E-state index in [0.29, 0.717) is 5.56 Å². The molecule has 0 radical (unpaired) electrons. The van der Waals surface area contributed by atoms with E-state index in [4.69, 9.17) is 0 Å². The molecule has 1 aromatic carbocycles. The number of aryl methyl sites for hydroxylation is 1. The van der Waals surface area contributed by atoms with Gasteiger partial charge < -0.3 is 0 Å². The van der Waals surface area contributed by atoms with Crippen LogP contribution < -0.4 is 0 Å². The minimum atomic E-state index is -0.159. The van der Waals surface area contributed by atoms with Crippen LogP contribution in [0.15, 0.2) is 24.4 Å². The van der Waals surface area contributed by atoms with Crippen LogP contribution in [-0.4, -0.2) is 4.98 Å². The first-order valence-electron chi connectivity index (χ1n) is 4.36. The highest BCUT2D eigenvalue weighted by Crippen LogP contribution is 2.29. The normalized spacial score (nSPS) is 10.5. The third-order valence-electron chi connectivity index (χ3n) is 2.15. The number of hydrogen-bond donors (Lipinski definition) is 0. The molecule has 0 N–H and O–H groups in total. The summed E-state index contributed by atoms with van der Waals surface area (Å²) >= 11 is 1.59. The summed E-state index contributed by atoms with van der Waals surface area (Å²) in [6.45, 7) is 3.74. The quantitative estimate of drug-likeness (QED) is 0.696. The van der Waals surface area contributed by atoms with Crippen molar-refractivity contribution in [2.75, 3.05) is 0 Å². The van der Waals surface area contributed by atoms with Gasteiger partial charge in [-0.3, -0.25) is 0 Å². The Morgan fingerprint density at radius 2 is 2.07 bits per heavy atom. The fraction of sp³-hybridized carbons (Fsp3) is 0.182. The van der Waals surface area contributed by atoms with Gasteiger partial charge in [0, 0.05) is 6.20 Å². The fourth-order valence-electron chi connectivity index (χ4n) is 1.36. The zero-order chi connectivity index (χ0) is 10.1. The smallest absolute Gasteiger partial charge is 0.126 e. The fourth-order valence-corrected chi connectivity index (χ4v) is 2.22. The highest BCUT2D eigenvalue weighted by Gasteiger charge is 2.07. The first-order valence-corrected chi connectivity index (χ1v) is 5.18. The van der Waals surface area contributed by atoms with Gasteiger partial charge in [-0.05, 0) is 31.0 Å². The average Bonchev–Trinajstić information content (AvgIpc) is 2.57. The number of thiazole rings is 1. The molecule has 1 aromatic heterocycles. The third-order valence-corrected chi connectivity index (χ3v) is 3.10. The van der Waals surface area contributed by atoms with Crippen LogP contribution in [0, 0.1) is 19.7 Å². The Kier molecular flexibility index (Phi) is 2.33. The van der Waals surface area contributed by atoms with Crippen molar-refractivity contribution in [2.24, 2.45) is 0 Å². The maximum absolute atomic E-state index is 13.3. The lowest BCUT2D eigenvalue weighted by molar-refractivity contribution is 0.619. The number of rotatable bonds is 1. The molecule has 0 amide bonds. The van der Waals surface area contributed by atoms with Crippen LogP contribution in [0.4, 0.5) is 4.39 Å². The molecule has 0 atom stereocenters. The largest absolute Gasteiger partial charge is 0.249 e. The monoisotopic (exact) mass is 207 g/mol. The van der Waals surface area contributed by atoms with Gasteiger partial charge in [0.25, 0.3) is 0 Å². The number of halogens is 1. The van der Waals surface area contributed by atoms with Crippen LogP contribution in [0.25, 0.3) is 10.4 Å². The first-order chi connectivity index (χ1) is 6.68. The molecule has 1 nitrogen and oxygen atoms in total. The summed E-state index contributed by atoms with van der Waals surface area (Å²) in [7, 11) is 0. The standard InChI is InChI=1S/C11H10FNS/c1-7-9(4-3-5-10(7)12)11-6-13-8(2)14-11/h3-6H,1-2H3. The van der Waals surface area contributed by atoms with E-state index in [0.717, 1.165) is 15.4 Å². The van der Waals surface area contributed by atoms with Gasteiger partial charge in [0.1, 0.15) is 5.82 Å². The van der Waals surface area contributed by atoms with Crippen molar-refractivity contribution >= 4 is 11.3 Å². The Morgan fingerprint density at radius 1 is 1.29 bits per heavy atom. The van der Waals surface area contributed by atoms with E-state index in [-0.39, 0.29) is 5.82 Å². The number of benzene rings is 1. The second-order valence-electron chi connectivity index (χ2n) is 3.16. The summed E-state index contributed by atoms with van der Waals surface area (Å²) in [4.78, 5) is 5.19. The van der Waals surface area contributed by atoms with Crippen molar-refractivity contribution in [1.82, 2.24) is 4.98 Å². The van der Waals surface area contributed by atoms with Gasteiger partial charge in [0.15, 0.2) is 0 Å². The Hall–Kier alpha value is -1.22. The van der Waals surface area contributed by atoms with Gasteiger partial charge in [-0.2, -0.15) is 0 Å². The maximum atomic E-state index is 13.3. The van der Waals surface area contributed by atoms with E-state index in [2.05, 4.69) is 4.98 Å². The molecule has 0 aliphatic carbocycles. The molecule has 0 spiro atoms. The zero-order valence-electron chi connectivity index (χ0n) is 8.04. The summed E-state index contributed by atoms with van der Waals surface area (Å²) in [6.07, 6.45) is 1.79. The van der Waals surface area contributed by atoms with Crippen molar-refractivity contribution in [3.05, 3.63) is 40.8 Å². The molecule has 0 aliphatic heterocycles. The molecule has 0 saturated carbocycles. The minimum absolute atomic E-state index is 0.159. The van der Waals surface area contributed by atoms with Crippen molar-refractivity contribution in [1.29, 1.82) is 0 Å². The van der Waals surface area contributed by atoms with Crippen LogP contribution >= 0.6 is 11.3 Å². The van der Waals surface area contributed by atoms with Crippen LogP contribution in [0.5, 0.6) is 0 Å². The Morgan fingerprint density at radius 3 is 2.71 bits per heavy atom. The van der Waals surface area contributed by atoms with Gasteiger partial charge in [-0.1, -0.05) is 12.1 Å². The van der Waals surface area contributed by atoms with E-state index in [1.54, 1.807) is 30.5 Å². The van der Waals surface area contributed by atoms with Crippen LogP contribution in [-0.2, 0) is 0 Å². The van der Waals surface area contributed by atoms with E-state index in [9.17, 15) is 4.39 Å². The highest BCUT2D eigenvalue weighted by atomic mass is 32.1. The summed E-state index contributed by atoms with van der Waals surface area (Å²) in [5.41, 5.74) is 1.63. The van der Waals surface area contributed by atoms with Gasteiger partial charge >= 0.3 is 0 Å². The molecule has 0 saturated heterocycles. The summed E-state index contributed by atoms with van der Waals surface area (Å²) in [5.74, 6) is -0.159. The molecule has 0 unspecified atom stereocenters. The second kappa shape index (κ2) is 3.50. The lowest BCUT2D eigenvalue weighted by Crippen LogP contribution is -1.84. The van der Waals surface area contributed by atoms with Gasteiger partial charge in [0.2, 0.25) is 0 Å². The molecular weight excluding hydrogens is 197 g/mol. The van der Waals surface area contributed by atoms with Gasteiger partial charge in [0.05, 0.1) is 9.88 Å². The second-order valence-corrected chi connectivity index (χ2v) is 4.39. The lowest BCUT2D eigenvalue weighted by Gasteiger charge is -2.02. The summed E-state index contributed by atoms with van der Waals surface area (Å²) in [6, 6.07) is 5.13. The van der Waals surface area contributed by atoms with Crippen molar-refractivity contribution in [3.63, 3.8) is 0 Å². The van der Waals surface area contributed by atoms with Crippen LogP contribution in [0.2, 0.25) is 0 Å². The third kappa shape index (κ3) is 1.55. The Bertz CT molecular complexity index is 462. The summed E-state index contributed by atoms with van der Waals surface area (Å²) < 4.78 is 13.3. The SMILES string of the molecule is Cc1ncc(-c2cccc(F)c2C)s1. The lowest BCUT2D eigenvalue weighted by atomic mass is 10.1. The molecule has 0 fully saturated rings. The molecular formula is C11H10FNS. The van der Waals surface area contributed by atoms with Crippen molar-refractivity contribution < 1.29 is 4.39 Å². The van der Waals surface area contributed by atoms with Crippen molar-refractivity contribution in [3.8, 4) is 10.4 Å². The molecule has 3 heteroatoms. The van der Waals surface area contributed by atoms with E-state index in [1.165, 1.54) is 6.07 Å². The molecule has 1 heterocycles. The molecule has 2 aromatic rings. The predicted molar refractivity (Wildman–Crippen MR) is 57.0 cm³/mol. The van der Waals surface area contributed by atoms with E-state index >= 15 is 0 Å². The van der Waals surface area contributed by atoms with E-state index < -0.39 is 0 Å². The average molecular weight is 207 g/mol. The van der Waals surface area contributed by atoms with Gasteiger partial charge in [-0.15, -0.1) is 11.3 Å². The van der Waals surface area contributed by atoms with Crippen LogP contribution in [0.3, 0.4) is 0 Å². The first kappa shape index (κ1) is 9.34. The highest BCUT2D eigenvalue weighted by molar-refractivity contribution is 7.15. The Labute approximate surface area is 86.2 Å². The van der Waals surface area contributed by atoms with Crippen molar-refractivity contribution in [2.45, 2.75) is 13.8 Å².